The maximum Gasteiger partial charge on any atom is 0.251 e. The number of benzene rings is 1. The summed E-state index contributed by atoms with van der Waals surface area (Å²) >= 11 is 1.55. The molecule has 3 aromatic heterocycles. The zero-order valence-corrected chi connectivity index (χ0v) is 15.9. The minimum atomic E-state index is -0.0998. The molecular weight excluding hydrogens is 362 g/mol. The fourth-order valence-electron chi connectivity index (χ4n) is 2.92. The van der Waals surface area contributed by atoms with Crippen LogP contribution in [0.3, 0.4) is 0 Å². The highest BCUT2D eigenvalue weighted by molar-refractivity contribution is 7.13. The van der Waals surface area contributed by atoms with Gasteiger partial charge in [-0.25, -0.2) is 4.98 Å². The lowest BCUT2D eigenvalue weighted by atomic mass is 10.1. The summed E-state index contributed by atoms with van der Waals surface area (Å²) in [5.41, 5.74) is 2.31. The molecule has 0 saturated heterocycles. The standard InChI is InChI=1S/C20H19N3O3S/c1-3-13(4-2)21-19(24)12-7-8-16-14(10-12)18(23-26-16)15-11-25-20(22-15)17-6-5-9-27-17/h5-11,13H,3-4H2,1-2H3,(H,21,24). The van der Waals surface area contributed by atoms with Crippen LogP contribution in [-0.4, -0.2) is 22.1 Å². The Kier molecular flexibility index (Phi) is 4.77. The van der Waals surface area contributed by atoms with Gasteiger partial charge in [0.25, 0.3) is 5.91 Å². The van der Waals surface area contributed by atoms with Gasteiger partial charge < -0.3 is 14.3 Å². The largest absolute Gasteiger partial charge is 0.443 e. The van der Waals surface area contributed by atoms with Crippen LogP contribution in [0.2, 0.25) is 0 Å². The molecule has 0 aliphatic carbocycles. The minimum Gasteiger partial charge on any atom is -0.443 e. The topological polar surface area (TPSA) is 81.2 Å². The van der Waals surface area contributed by atoms with Crippen molar-refractivity contribution in [3.63, 3.8) is 0 Å². The summed E-state index contributed by atoms with van der Waals surface area (Å²) in [6, 6.07) is 9.35. The first kappa shape index (κ1) is 17.5. The highest BCUT2D eigenvalue weighted by Gasteiger charge is 2.18. The molecule has 0 spiro atoms. The maximum atomic E-state index is 12.6. The molecule has 0 aliphatic rings. The van der Waals surface area contributed by atoms with Crippen LogP contribution in [0.1, 0.15) is 37.0 Å². The predicted molar refractivity (Wildman–Crippen MR) is 105 cm³/mol. The number of carbonyl (C=O) groups is 1. The Hall–Kier alpha value is -2.93. The summed E-state index contributed by atoms with van der Waals surface area (Å²) in [6.45, 7) is 4.12. The summed E-state index contributed by atoms with van der Waals surface area (Å²) in [4.78, 5) is 18.0. The van der Waals surface area contributed by atoms with E-state index in [0.29, 0.717) is 28.4 Å². The van der Waals surface area contributed by atoms with E-state index in [9.17, 15) is 4.79 Å². The van der Waals surface area contributed by atoms with Crippen LogP contribution in [0, 0.1) is 0 Å². The average Bonchev–Trinajstić information content (AvgIpc) is 3.44. The van der Waals surface area contributed by atoms with E-state index >= 15 is 0 Å². The number of amides is 1. The van der Waals surface area contributed by atoms with Crippen LogP contribution in [0.15, 0.2) is 50.9 Å². The van der Waals surface area contributed by atoms with E-state index in [1.54, 1.807) is 35.8 Å². The number of fused-ring (bicyclic) bond motifs is 1. The third-order valence-corrected chi connectivity index (χ3v) is 5.39. The molecule has 0 fully saturated rings. The quantitative estimate of drug-likeness (QED) is 0.501. The Morgan fingerprint density at radius 1 is 1.26 bits per heavy atom. The third-order valence-electron chi connectivity index (χ3n) is 4.53. The molecule has 4 rings (SSSR count). The summed E-state index contributed by atoms with van der Waals surface area (Å²) in [5.74, 6) is 0.441. The second kappa shape index (κ2) is 7.36. The number of carbonyl (C=O) groups excluding carboxylic acids is 1. The molecule has 1 amide bonds. The van der Waals surface area contributed by atoms with E-state index < -0.39 is 0 Å². The number of hydrogen-bond acceptors (Lipinski definition) is 6. The zero-order chi connectivity index (χ0) is 18.8. The fraction of sp³-hybridized carbons (Fsp3) is 0.250. The summed E-state index contributed by atoms with van der Waals surface area (Å²) < 4.78 is 11.0. The highest BCUT2D eigenvalue weighted by Crippen LogP contribution is 2.31. The van der Waals surface area contributed by atoms with Gasteiger partial charge in [0, 0.05) is 11.6 Å². The molecule has 1 N–H and O–H groups in total. The monoisotopic (exact) mass is 381 g/mol. The molecule has 6 nitrogen and oxygen atoms in total. The van der Waals surface area contributed by atoms with E-state index in [4.69, 9.17) is 8.94 Å². The predicted octanol–water partition coefficient (Wildman–Crippen LogP) is 5.13. The van der Waals surface area contributed by atoms with Gasteiger partial charge in [0.1, 0.15) is 17.7 Å². The molecule has 3 heterocycles. The molecule has 7 heteroatoms. The van der Waals surface area contributed by atoms with Gasteiger partial charge in [-0.05, 0) is 42.5 Å². The molecule has 0 atom stereocenters. The summed E-state index contributed by atoms with van der Waals surface area (Å²) in [5, 5.41) is 9.88. The van der Waals surface area contributed by atoms with Gasteiger partial charge in [-0.1, -0.05) is 25.1 Å². The van der Waals surface area contributed by atoms with E-state index in [1.165, 1.54) is 0 Å². The van der Waals surface area contributed by atoms with E-state index in [1.807, 2.05) is 17.5 Å². The number of hydrogen-bond donors (Lipinski definition) is 1. The van der Waals surface area contributed by atoms with Crippen molar-refractivity contribution in [2.75, 3.05) is 0 Å². The van der Waals surface area contributed by atoms with Gasteiger partial charge in [0.2, 0.25) is 5.89 Å². The second-order valence-corrected chi connectivity index (χ2v) is 7.19. The van der Waals surface area contributed by atoms with Crippen LogP contribution in [0.5, 0.6) is 0 Å². The Labute approximate surface area is 160 Å². The number of nitrogens with one attached hydrogen (secondary N) is 1. The third kappa shape index (κ3) is 3.38. The zero-order valence-electron chi connectivity index (χ0n) is 15.1. The molecule has 0 aliphatic heterocycles. The van der Waals surface area contributed by atoms with Crippen molar-refractivity contribution in [1.82, 2.24) is 15.5 Å². The minimum absolute atomic E-state index is 0.0998. The molecule has 27 heavy (non-hydrogen) atoms. The first-order valence-corrected chi connectivity index (χ1v) is 9.77. The Morgan fingerprint density at radius 2 is 2.11 bits per heavy atom. The first-order chi connectivity index (χ1) is 13.2. The van der Waals surface area contributed by atoms with Crippen molar-refractivity contribution in [1.29, 1.82) is 0 Å². The number of nitrogens with zero attached hydrogens (tertiary/aromatic N) is 2. The molecule has 0 radical (unpaired) electrons. The van der Waals surface area contributed by atoms with Crippen LogP contribution in [0.4, 0.5) is 0 Å². The van der Waals surface area contributed by atoms with E-state index in [2.05, 4.69) is 29.3 Å². The number of oxazole rings is 1. The van der Waals surface area contributed by atoms with Crippen molar-refractivity contribution in [2.24, 2.45) is 0 Å². The van der Waals surface area contributed by atoms with Gasteiger partial charge in [-0.15, -0.1) is 11.3 Å². The lowest BCUT2D eigenvalue weighted by molar-refractivity contribution is 0.0935. The molecule has 138 valence electrons. The van der Waals surface area contributed by atoms with Gasteiger partial charge in [0.05, 0.1) is 10.3 Å². The van der Waals surface area contributed by atoms with Crippen LogP contribution < -0.4 is 5.32 Å². The highest BCUT2D eigenvalue weighted by atomic mass is 32.1. The van der Waals surface area contributed by atoms with Gasteiger partial charge in [-0.3, -0.25) is 4.79 Å². The molecule has 1 aromatic carbocycles. The fourth-order valence-corrected chi connectivity index (χ4v) is 3.58. The number of aromatic nitrogens is 2. The molecule has 0 unspecified atom stereocenters. The smallest absolute Gasteiger partial charge is 0.251 e. The average molecular weight is 381 g/mol. The summed E-state index contributed by atoms with van der Waals surface area (Å²) in [7, 11) is 0. The van der Waals surface area contributed by atoms with Crippen molar-refractivity contribution >= 4 is 28.2 Å². The lowest BCUT2D eigenvalue weighted by Crippen LogP contribution is -2.33. The summed E-state index contributed by atoms with van der Waals surface area (Å²) in [6.07, 6.45) is 3.35. The molecule has 4 aromatic rings. The Balaban J connectivity index is 1.67. The normalized spacial score (nSPS) is 11.4. The van der Waals surface area contributed by atoms with E-state index in [-0.39, 0.29) is 11.9 Å². The van der Waals surface area contributed by atoms with Gasteiger partial charge in [0.15, 0.2) is 5.58 Å². The maximum absolute atomic E-state index is 12.6. The van der Waals surface area contributed by atoms with Crippen LogP contribution in [-0.2, 0) is 0 Å². The Morgan fingerprint density at radius 3 is 2.85 bits per heavy atom. The lowest BCUT2D eigenvalue weighted by Gasteiger charge is -2.14. The second-order valence-electron chi connectivity index (χ2n) is 6.24. The van der Waals surface area contributed by atoms with Crippen molar-refractivity contribution in [3.8, 4) is 22.2 Å². The number of thiophene rings is 1. The van der Waals surface area contributed by atoms with Crippen LogP contribution >= 0.6 is 11.3 Å². The van der Waals surface area contributed by atoms with Crippen molar-refractivity contribution in [3.05, 3.63) is 47.5 Å². The van der Waals surface area contributed by atoms with Crippen molar-refractivity contribution in [2.45, 2.75) is 32.7 Å². The molecule has 0 bridgehead atoms. The Bertz CT molecular complexity index is 1060. The SMILES string of the molecule is CCC(CC)NC(=O)c1ccc2onc(-c3coc(-c4cccs4)n3)c2c1. The first-order valence-electron chi connectivity index (χ1n) is 8.89. The molecule has 0 saturated carbocycles. The number of rotatable bonds is 6. The van der Waals surface area contributed by atoms with Gasteiger partial charge >= 0.3 is 0 Å². The van der Waals surface area contributed by atoms with Gasteiger partial charge in [-0.2, -0.15) is 0 Å². The van der Waals surface area contributed by atoms with Crippen molar-refractivity contribution < 1.29 is 13.7 Å². The van der Waals surface area contributed by atoms with Crippen LogP contribution in [0.25, 0.3) is 33.1 Å². The molecular formula is C20H19N3O3S. The van der Waals surface area contributed by atoms with E-state index in [0.717, 1.165) is 23.1 Å².